The SMILES string of the molecule is Cc1cc(N2CCC(NC(=O)C(C)(C)C)CC2)nc(C2CC2)n1. The molecule has 0 atom stereocenters. The molecule has 0 spiro atoms. The Kier molecular flexibility index (Phi) is 4.30. The molecule has 1 amide bonds. The highest BCUT2D eigenvalue weighted by Gasteiger charge is 2.29. The second-order valence-corrected chi connectivity index (χ2v) is 7.98. The minimum atomic E-state index is -0.319. The van der Waals surface area contributed by atoms with Crippen LogP contribution in [0.25, 0.3) is 0 Å². The van der Waals surface area contributed by atoms with E-state index in [1.807, 2.05) is 27.7 Å². The largest absolute Gasteiger partial charge is 0.356 e. The minimum absolute atomic E-state index is 0.143. The van der Waals surface area contributed by atoms with E-state index in [-0.39, 0.29) is 17.4 Å². The van der Waals surface area contributed by atoms with Gasteiger partial charge in [0, 0.05) is 42.2 Å². The van der Waals surface area contributed by atoms with Crippen molar-refractivity contribution >= 4 is 11.7 Å². The van der Waals surface area contributed by atoms with Crippen LogP contribution >= 0.6 is 0 Å². The van der Waals surface area contributed by atoms with Crippen molar-refractivity contribution in [2.75, 3.05) is 18.0 Å². The Hall–Kier alpha value is -1.65. The third kappa shape index (κ3) is 4.01. The molecule has 1 saturated heterocycles. The van der Waals surface area contributed by atoms with E-state index in [2.05, 4.69) is 21.3 Å². The van der Waals surface area contributed by atoms with Gasteiger partial charge in [-0.3, -0.25) is 4.79 Å². The standard InChI is InChI=1S/C18H28N4O/c1-12-11-15(21-16(19-12)13-5-6-13)22-9-7-14(8-10-22)20-17(23)18(2,3)4/h11,13-14H,5-10H2,1-4H3,(H,20,23). The van der Waals surface area contributed by atoms with Gasteiger partial charge in [-0.2, -0.15) is 0 Å². The Bertz CT molecular complexity index is 581. The molecule has 0 radical (unpaired) electrons. The fourth-order valence-electron chi connectivity index (χ4n) is 2.92. The summed E-state index contributed by atoms with van der Waals surface area (Å²) in [6, 6.07) is 2.36. The molecule has 1 aliphatic heterocycles. The maximum atomic E-state index is 12.1. The molecule has 0 aromatic carbocycles. The summed E-state index contributed by atoms with van der Waals surface area (Å²) < 4.78 is 0. The van der Waals surface area contributed by atoms with Gasteiger partial charge in [-0.25, -0.2) is 9.97 Å². The van der Waals surface area contributed by atoms with E-state index in [4.69, 9.17) is 4.98 Å². The van der Waals surface area contributed by atoms with Crippen LogP contribution in [0, 0.1) is 12.3 Å². The number of nitrogens with zero attached hydrogens (tertiary/aromatic N) is 3. The molecule has 5 heteroatoms. The molecule has 3 rings (SSSR count). The average Bonchev–Trinajstić information content (AvgIpc) is 3.31. The summed E-state index contributed by atoms with van der Waals surface area (Å²) in [6.45, 7) is 9.81. The minimum Gasteiger partial charge on any atom is -0.356 e. The van der Waals surface area contributed by atoms with Gasteiger partial charge in [0.15, 0.2) is 0 Å². The van der Waals surface area contributed by atoms with Crippen LogP contribution in [-0.2, 0) is 4.79 Å². The zero-order chi connectivity index (χ0) is 16.6. The van der Waals surface area contributed by atoms with Gasteiger partial charge < -0.3 is 10.2 Å². The fourth-order valence-corrected chi connectivity index (χ4v) is 2.92. The van der Waals surface area contributed by atoms with Crippen molar-refractivity contribution in [3.63, 3.8) is 0 Å². The van der Waals surface area contributed by atoms with Gasteiger partial charge in [-0.1, -0.05) is 20.8 Å². The Morgan fingerprint density at radius 1 is 1.17 bits per heavy atom. The molecule has 2 fully saturated rings. The van der Waals surface area contributed by atoms with E-state index in [9.17, 15) is 4.79 Å². The number of carbonyl (C=O) groups is 1. The van der Waals surface area contributed by atoms with Gasteiger partial charge in [-0.15, -0.1) is 0 Å². The van der Waals surface area contributed by atoms with Gasteiger partial charge in [0.1, 0.15) is 11.6 Å². The summed E-state index contributed by atoms with van der Waals surface area (Å²) in [6.07, 6.45) is 4.40. The van der Waals surface area contributed by atoms with E-state index in [1.165, 1.54) is 12.8 Å². The predicted octanol–water partition coefficient (Wildman–Crippen LogP) is 2.79. The molecule has 23 heavy (non-hydrogen) atoms. The van der Waals surface area contributed by atoms with E-state index in [1.54, 1.807) is 0 Å². The van der Waals surface area contributed by atoms with Crippen molar-refractivity contribution in [1.29, 1.82) is 0 Å². The second kappa shape index (κ2) is 6.10. The Morgan fingerprint density at radius 3 is 2.39 bits per heavy atom. The molecule has 1 aromatic heterocycles. The van der Waals surface area contributed by atoms with Crippen LogP contribution in [0.2, 0.25) is 0 Å². The number of piperidine rings is 1. The van der Waals surface area contributed by atoms with Crippen LogP contribution in [0.15, 0.2) is 6.07 Å². The van der Waals surface area contributed by atoms with Gasteiger partial charge in [0.05, 0.1) is 0 Å². The molecular formula is C18H28N4O. The highest BCUT2D eigenvalue weighted by molar-refractivity contribution is 5.81. The Morgan fingerprint density at radius 2 is 1.83 bits per heavy atom. The molecule has 2 heterocycles. The molecule has 1 saturated carbocycles. The van der Waals surface area contributed by atoms with Gasteiger partial charge in [0.25, 0.3) is 0 Å². The first-order chi connectivity index (χ1) is 10.8. The van der Waals surface area contributed by atoms with Crippen LogP contribution in [0.3, 0.4) is 0 Å². The maximum absolute atomic E-state index is 12.1. The van der Waals surface area contributed by atoms with Crippen molar-refractivity contribution in [2.24, 2.45) is 5.41 Å². The van der Waals surface area contributed by atoms with Crippen molar-refractivity contribution in [1.82, 2.24) is 15.3 Å². The average molecular weight is 316 g/mol. The third-order valence-corrected chi connectivity index (χ3v) is 4.64. The number of anilines is 1. The van der Waals surface area contributed by atoms with E-state index < -0.39 is 0 Å². The number of nitrogens with one attached hydrogen (secondary N) is 1. The molecule has 1 aromatic rings. The quantitative estimate of drug-likeness (QED) is 0.931. The van der Waals surface area contributed by atoms with Crippen LogP contribution < -0.4 is 10.2 Å². The topological polar surface area (TPSA) is 58.1 Å². The first-order valence-electron chi connectivity index (χ1n) is 8.74. The summed E-state index contributed by atoms with van der Waals surface area (Å²) in [4.78, 5) is 23.8. The molecule has 2 aliphatic rings. The first-order valence-corrected chi connectivity index (χ1v) is 8.74. The summed E-state index contributed by atoms with van der Waals surface area (Å²) in [5, 5.41) is 3.18. The van der Waals surface area contributed by atoms with E-state index in [0.717, 1.165) is 43.3 Å². The van der Waals surface area contributed by atoms with Gasteiger partial charge >= 0.3 is 0 Å². The smallest absolute Gasteiger partial charge is 0.225 e. The number of aromatic nitrogens is 2. The number of carbonyl (C=O) groups excluding carboxylic acids is 1. The Labute approximate surface area is 138 Å². The maximum Gasteiger partial charge on any atom is 0.225 e. The predicted molar refractivity (Wildman–Crippen MR) is 91.6 cm³/mol. The summed E-state index contributed by atoms with van der Waals surface area (Å²) in [7, 11) is 0. The van der Waals surface area contributed by atoms with Crippen molar-refractivity contribution in [3.8, 4) is 0 Å². The molecule has 1 aliphatic carbocycles. The molecule has 126 valence electrons. The van der Waals surface area contributed by atoms with Crippen LogP contribution in [0.5, 0.6) is 0 Å². The summed E-state index contributed by atoms with van der Waals surface area (Å²) in [5.41, 5.74) is 0.736. The van der Waals surface area contributed by atoms with E-state index >= 15 is 0 Å². The highest BCUT2D eigenvalue weighted by atomic mass is 16.2. The second-order valence-electron chi connectivity index (χ2n) is 7.98. The van der Waals surface area contributed by atoms with E-state index in [0.29, 0.717) is 5.92 Å². The lowest BCUT2D eigenvalue weighted by Crippen LogP contribution is -2.48. The van der Waals surface area contributed by atoms with Gasteiger partial charge in [-0.05, 0) is 32.6 Å². The van der Waals surface area contributed by atoms with Gasteiger partial charge in [0.2, 0.25) is 5.91 Å². The third-order valence-electron chi connectivity index (χ3n) is 4.64. The Balaban J connectivity index is 1.60. The zero-order valence-corrected chi connectivity index (χ0v) is 14.7. The normalized spacial score (nSPS) is 19.7. The lowest BCUT2D eigenvalue weighted by atomic mass is 9.94. The summed E-state index contributed by atoms with van der Waals surface area (Å²) >= 11 is 0. The number of aryl methyl sites for hydroxylation is 1. The number of hydrogen-bond acceptors (Lipinski definition) is 4. The zero-order valence-electron chi connectivity index (χ0n) is 14.7. The van der Waals surface area contributed by atoms with Crippen LogP contribution in [0.1, 0.15) is 63.9 Å². The number of hydrogen-bond donors (Lipinski definition) is 1. The van der Waals surface area contributed by atoms with Crippen LogP contribution in [-0.4, -0.2) is 35.0 Å². The van der Waals surface area contributed by atoms with Crippen molar-refractivity contribution in [2.45, 2.75) is 65.3 Å². The molecule has 0 unspecified atom stereocenters. The lowest BCUT2D eigenvalue weighted by Gasteiger charge is -2.34. The fraction of sp³-hybridized carbons (Fsp3) is 0.722. The number of rotatable bonds is 3. The molecule has 1 N–H and O–H groups in total. The molecular weight excluding hydrogens is 288 g/mol. The lowest BCUT2D eigenvalue weighted by molar-refractivity contribution is -0.129. The highest BCUT2D eigenvalue weighted by Crippen LogP contribution is 2.38. The van der Waals surface area contributed by atoms with Crippen molar-refractivity contribution in [3.05, 3.63) is 17.6 Å². The first kappa shape index (κ1) is 16.2. The van der Waals surface area contributed by atoms with Crippen LogP contribution in [0.4, 0.5) is 5.82 Å². The molecule has 0 bridgehead atoms. The monoisotopic (exact) mass is 316 g/mol. The number of amides is 1. The van der Waals surface area contributed by atoms with Crippen molar-refractivity contribution < 1.29 is 4.79 Å². The summed E-state index contributed by atoms with van der Waals surface area (Å²) in [5.74, 6) is 2.80. The molecule has 5 nitrogen and oxygen atoms in total.